The van der Waals surface area contributed by atoms with Gasteiger partial charge in [0.1, 0.15) is 0 Å². The van der Waals surface area contributed by atoms with Crippen molar-refractivity contribution in [2.75, 3.05) is 13.2 Å². The van der Waals surface area contributed by atoms with Crippen LogP contribution in [0.1, 0.15) is 24.9 Å². The Morgan fingerprint density at radius 1 is 1.43 bits per heavy atom. The molecule has 0 amide bonds. The molecule has 1 aliphatic heterocycles. The molecule has 1 aromatic carbocycles. The number of aliphatic hydroxyl groups is 1. The van der Waals surface area contributed by atoms with E-state index in [2.05, 4.69) is 24.0 Å². The minimum Gasteiger partial charge on any atom is -0.394 e. The number of aliphatic hydroxyl groups excluding tert-OH is 1. The molecule has 0 radical (unpaired) electrons. The molecule has 1 N–H and O–H groups in total. The first kappa shape index (κ1) is 9.69. The number of benzene rings is 1. The highest BCUT2D eigenvalue weighted by molar-refractivity contribution is 5.19. The molecular formula is C12H17NO. The lowest BCUT2D eigenvalue weighted by Crippen LogP contribution is -2.48. The van der Waals surface area contributed by atoms with Crippen molar-refractivity contribution in [3.63, 3.8) is 0 Å². The molecule has 14 heavy (non-hydrogen) atoms. The molecule has 1 heterocycles. The third-order valence-electron chi connectivity index (χ3n) is 3.13. The maximum atomic E-state index is 9.39. The van der Waals surface area contributed by atoms with Gasteiger partial charge in [-0.05, 0) is 18.9 Å². The van der Waals surface area contributed by atoms with E-state index in [4.69, 9.17) is 0 Å². The van der Waals surface area contributed by atoms with Crippen LogP contribution in [0, 0.1) is 0 Å². The SMILES string of the molecule is CC1CCN1[C@H](CO)c1ccccc1. The van der Waals surface area contributed by atoms with Crippen LogP contribution in [0.3, 0.4) is 0 Å². The van der Waals surface area contributed by atoms with Gasteiger partial charge in [-0.2, -0.15) is 0 Å². The highest BCUT2D eigenvalue weighted by atomic mass is 16.3. The molecule has 0 saturated carbocycles. The van der Waals surface area contributed by atoms with Crippen molar-refractivity contribution in [1.29, 1.82) is 0 Å². The Morgan fingerprint density at radius 3 is 2.57 bits per heavy atom. The first-order valence-electron chi connectivity index (χ1n) is 5.24. The Hall–Kier alpha value is -0.860. The lowest BCUT2D eigenvalue weighted by molar-refractivity contribution is 0.0216. The van der Waals surface area contributed by atoms with Crippen LogP contribution >= 0.6 is 0 Å². The van der Waals surface area contributed by atoms with E-state index in [1.807, 2.05) is 18.2 Å². The third kappa shape index (κ3) is 1.68. The molecule has 0 aromatic heterocycles. The van der Waals surface area contributed by atoms with Gasteiger partial charge in [0.15, 0.2) is 0 Å². The molecule has 2 rings (SSSR count). The summed E-state index contributed by atoms with van der Waals surface area (Å²) in [5.41, 5.74) is 1.22. The monoisotopic (exact) mass is 191 g/mol. The zero-order valence-corrected chi connectivity index (χ0v) is 8.56. The van der Waals surface area contributed by atoms with Gasteiger partial charge in [0.2, 0.25) is 0 Å². The molecule has 76 valence electrons. The lowest BCUT2D eigenvalue weighted by atomic mass is 9.97. The minimum absolute atomic E-state index is 0.194. The Labute approximate surface area is 85.2 Å². The van der Waals surface area contributed by atoms with E-state index >= 15 is 0 Å². The van der Waals surface area contributed by atoms with Crippen molar-refractivity contribution in [2.24, 2.45) is 0 Å². The van der Waals surface area contributed by atoms with E-state index < -0.39 is 0 Å². The second-order valence-electron chi connectivity index (χ2n) is 3.98. The topological polar surface area (TPSA) is 23.5 Å². The largest absolute Gasteiger partial charge is 0.394 e. The molecule has 1 saturated heterocycles. The number of hydrogen-bond acceptors (Lipinski definition) is 2. The van der Waals surface area contributed by atoms with Crippen LogP contribution in [0.25, 0.3) is 0 Å². The number of hydrogen-bond donors (Lipinski definition) is 1. The molecule has 1 aromatic rings. The van der Waals surface area contributed by atoms with Crippen molar-refractivity contribution in [2.45, 2.75) is 25.4 Å². The molecule has 2 heteroatoms. The first-order valence-corrected chi connectivity index (χ1v) is 5.24. The highest BCUT2D eigenvalue weighted by Crippen LogP contribution is 2.29. The predicted molar refractivity (Wildman–Crippen MR) is 57.1 cm³/mol. The average Bonchev–Trinajstić information content (AvgIpc) is 2.24. The van der Waals surface area contributed by atoms with Crippen molar-refractivity contribution in [3.8, 4) is 0 Å². The van der Waals surface area contributed by atoms with Gasteiger partial charge in [0, 0.05) is 12.6 Å². The van der Waals surface area contributed by atoms with Crippen LogP contribution in [-0.2, 0) is 0 Å². The summed E-state index contributed by atoms with van der Waals surface area (Å²) in [6, 6.07) is 11.1. The smallest absolute Gasteiger partial charge is 0.0628 e. The molecule has 2 nitrogen and oxygen atoms in total. The average molecular weight is 191 g/mol. The van der Waals surface area contributed by atoms with E-state index in [-0.39, 0.29) is 12.6 Å². The zero-order valence-electron chi connectivity index (χ0n) is 8.56. The second kappa shape index (κ2) is 4.11. The van der Waals surface area contributed by atoms with Gasteiger partial charge in [0.25, 0.3) is 0 Å². The van der Waals surface area contributed by atoms with Crippen LogP contribution in [0.2, 0.25) is 0 Å². The quantitative estimate of drug-likeness (QED) is 0.787. The minimum atomic E-state index is 0.194. The summed E-state index contributed by atoms with van der Waals surface area (Å²) in [4.78, 5) is 2.36. The molecule has 0 aliphatic carbocycles. The van der Waals surface area contributed by atoms with E-state index in [0.717, 1.165) is 6.54 Å². The van der Waals surface area contributed by atoms with Gasteiger partial charge in [0.05, 0.1) is 12.6 Å². The molecule has 2 atom stereocenters. The first-order chi connectivity index (χ1) is 6.83. The van der Waals surface area contributed by atoms with Gasteiger partial charge in [-0.15, -0.1) is 0 Å². The fraction of sp³-hybridized carbons (Fsp3) is 0.500. The van der Waals surface area contributed by atoms with Crippen LogP contribution in [0.15, 0.2) is 30.3 Å². The third-order valence-corrected chi connectivity index (χ3v) is 3.13. The lowest BCUT2D eigenvalue weighted by Gasteiger charge is -2.44. The molecular weight excluding hydrogens is 174 g/mol. The molecule has 1 aliphatic rings. The summed E-state index contributed by atoms with van der Waals surface area (Å²) in [6.45, 7) is 3.55. The Morgan fingerprint density at radius 2 is 2.14 bits per heavy atom. The summed E-state index contributed by atoms with van der Waals surface area (Å²) in [7, 11) is 0. The Balaban J connectivity index is 2.13. The normalized spacial score (nSPS) is 24.3. The van der Waals surface area contributed by atoms with E-state index in [9.17, 15) is 5.11 Å². The van der Waals surface area contributed by atoms with Gasteiger partial charge in [-0.1, -0.05) is 30.3 Å². The van der Waals surface area contributed by atoms with Crippen molar-refractivity contribution in [1.82, 2.24) is 4.90 Å². The van der Waals surface area contributed by atoms with Gasteiger partial charge in [-0.3, -0.25) is 4.90 Å². The maximum absolute atomic E-state index is 9.39. The van der Waals surface area contributed by atoms with Crippen LogP contribution in [0.4, 0.5) is 0 Å². The van der Waals surface area contributed by atoms with Crippen LogP contribution in [0.5, 0.6) is 0 Å². The molecule has 0 spiro atoms. The summed E-state index contributed by atoms with van der Waals surface area (Å²) in [5, 5.41) is 9.39. The summed E-state index contributed by atoms with van der Waals surface area (Å²) < 4.78 is 0. The summed E-state index contributed by atoms with van der Waals surface area (Å²) >= 11 is 0. The summed E-state index contributed by atoms with van der Waals surface area (Å²) in [6.07, 6.45) is 1.25. The van der Waals surface area contributed by atoms with Gasteiger partial charge >= 0.3 is 0 Å². The number of nitrogens with zero attached hydrogens (tertiary/aromatic N) is 1. The van der Waals surface area contributed by atoms with Gasteiger partial charge in [-0.25, -0.2) is 0 Å². The van der Waals surface area contributed by atoms with E-state index in [0.29, 0.717) is 6.04 Å². The standard InChI is InChI=1S/C12H17NO/c1-10-7-8-13(10)12(9-14)11-5-3-2-4-6-11/h2-6,10,12,14H,7-9H2,1H3/t10?,12-/m1/s1. The van der Waals surface area contributed by atoms with Crippen LogP contribution < -0.4 is 0 Å². The van der Waals surface area contributed by atoms with Crippen LogP contribution in [-0.4, -0.2) is 29.2 Å². The number of likely N-dealkylation sites (tertiary alicyclic amines) is 1. The molecule has 1 fully saturated rings. The Bertz CT molecular complexity index is 286. The summed E-state index contributed by atoms with van der Waals surface area (Å²) in [5.74, 6) is 0. The van der Waals surface area contributed by atoms with Gasteiger partial charge < -0.3 is 5.11 Å². The van der Waals surface area contributed by atoms with E-state index in [1.54, 1.807) is 0 Å². The maximum Gasteiger partial charge on any atom is 0.0628 e. The van der Waals surface area contributed by atoms with Crippen molar-refractivity contribution < 1.29 is 5.11 Å². The molecule has 1 unspecified atom stereocenters. The van der Waals surface area contributed by atoms with Crippen molar-refractivity contribution >= 4 is 0 Å². The fourth-order valence-electron chi connectivity index (χ4n) is 2.08. The molecule has 0 bridgehead atoms. The highest BCUT2D eigenvalue weighted by Gasteiger charge is 2.30. The van der Waals surface area contributed by atoms with Crippen molar-refractivity contribution in [3.05, 3.63) is 35.9 Å². The zero-order chi connectivity index (χ0) is 9.97. The Kier molecular flexibility index (Phi) is 2.85. The van der Waals surface area contributed by atoms with E-state index in [1.165, 1.54) is 12.0 Å². The second-order valence-corrected chi connectivity index (χ2v) is 3.98. The number of rotatable bonds is 3. The predicted octanol–water partition coefficient (Wildman–Crippen LogP) is 1.81. The fourth-order valence-corrected chi connectivity index (χ4v) is 2.08.